The fraction of sp³-hybridized carbons (Fsp3) is 0.267. The quantitative estimate of drug-likeness (QED) is 0.781. The molecule has 0 radical (unpaired) electrons. The van der Waals surface area contributed by atoms with Gasteiger partial charge in [0.25, 0.3) is 0 Å². The van der Waals surface area contributed by atoms with Gasteiger partial charge in [-0.3, -0.25) is 0 Å². The molecule has 1 heterocycles. The number of halogens is 1. The monoisotopic (exact) mass is 322 g/mol. The fourth-order valence-corrected chi connectivity index (χ4v) is 2.28. The van der Waals surface area contributed by atoms with E-state index in [0.717, 1.165) is 21.2 Å². The van der Waals surface area contributed by atoms with E-state index in [-0.39, 0.29) is 5.76 Å². The summed E-state index contributed by atoms with van der Waals surface area (Å²) < 4.78 is 11.5. The number of furan rings is 1. The maximum atomic E-state index is 11.6. The van der Waals surface area contributed by atoms with Crippen molar-refractivity contribution in [2.75, 3.05) is 6.61 Å². The summed E-state index contributed by atoms with van der Waals surface area (Å²) in [7, 11) is 0. The second kappa shape index (κ2) is 5.61. The van der Waals surface area contributed by atoms with Gasteiger partial charge >= 0.3 is 5.97 Å². The van der Waals surface area contributed by atoms with Crippen LogP contribution in [0.4, 0.5) is 0 Å². The van der Waals surface area contributed by atoms with Crippen LogP contribution in [0.5, 0.6) is 0 Å². The van der Waals surface area contributed by atoms with Gasteiger partial charge < -0.3 is 9.15 Å². The van der Waals surface area contributed by atoms with Crippen LogP contribution in [-0.4, -0.2) is 12.6 Å². The van der Waals surface area contributed by atoms with Crippen molar-refractivity contribution in [3.8, 4) is 11.3 Å². The first-order chi connectivity index (χ1) is 9.04. The van der Waals surface area contributed by atoms with Crippen LogP contribution >= 0.6 is 15.9 Å². The lowest BCUT2D eigenvalue weighted by molar-refractivity contribution is 0.0491. The summed E-state index contributed by atoms with van der Waals surface area (Å²) >= 11 is 3.50. The Balaban J connectivity index is 2.38. The maximum Gasteiger partial charge on any atom is 0.374 e. The number of hydrogen-bond donors (Lipinski definition) is 0. The van der Waals surface area contributed by atoms with E-state index in [0.29, 0.717) is 12.4 Å². The van der Waals surface area contributed by atoms with Crippen molar-refractivity contribution in [1.82, 2.24) is 0 Å². The lowest BCUT2D eigenvalue weighted by Crippen LogP contribution is -2.02. The van der Waals surface area contributed by atoms with Crippen LogP contribution in [-0.2, 0) is 4.74 Å². The molecule has 4 heteroatoms. The first-order valence-corrected chi connectivity index (χ1v) is 6.87. The Labute approximate surface area is 120 Å². The molecule has 0 spiro atoms. The van der Waals surface area contributed by atoms with Gasteiger partial charge in [-0.05, 0) is 56.2 Å². The standard InChI is InChI=1S/C15H15BrO3/c1-4-18-15(17)14-8-7-13(19-14)11-5-6-12(16)10(3)9(11)2/h5-8H,4H2,1-3H3. The van der Waals surface area contributed by atoms with E-state index >= 15 is 0 Å². The lowest BCUT2D eigenvalue weighted by Gasteiger charge is -2.08. The van der Waals surface area contributed by atoms with E-state index in [2.05, 4.69) is 15.9 Å². The van der Waals surface area contributed by atoms with Crippen molar-refractivity contribution < 1.29 is 13.9 Å². The summed E-state index contributed by atoms with van der Waals surface area (Å²) in [5, 5.41) is 0. The summed E-state index contributed by atoms with van der Waals surface area (Å²) in [6.07, 6.45) is 0. The highest BCUT2D eigenvalue weighted by atomic mass is 79.9. The summed E-state index contributed by atoms with van der Waals surface area (Å²) in [6.45, 7) is 6.18. The molecule has 0 saturated heterocycles. The summed E-state index contributed by atoms with van der Waals surface area (Å²) in [6, 6.07) is 7.39. The Morgan fingerprint density at radius 3 is 2.63 bits per heavy atom. The third-order valence-electron chi connectivity index (χ3n) is 3.07. The van der Waals surface area contributed by atoms with Crippen molar-refractivity contribution in [2.45, 2.75) is 20.8 Å². The Bertz CT molecular complexity index is 614. The molecule has 0 saturated carbocycles. The van der Waals surface area contributed by atoms with E-state index in [4.69, 9.17) is 9.15 Å². The molecule has 0 atom stereocenters. The van der Waals surface area contributed by atoms with Gasteiger partial charge in [-0.15, -0.1) is 0 Å². The summed E-state index contributed by atoms with van der Waals surface area (Å²) in [4.78, 5) is 11.6. The first kappa shape index (κ1) is 13.9. The molecule has 0 aliphatic rings. The Hall–Kier alpha value is -1.55. The number of esters is 1. The molecule has 1 aromatic carbocycles. The highest BCUT2D eigenvalue weighted by molar-refractivity contribution is 9.10. The first-order valence-electron chi connectivity index (χ1n) is 6.07. The minimum Gasteiger partial charge on any atom is -0.460 e. The van der Waals surface area contributed by atoms with E-state index in [1.54, 1.807) is 19.1 Å². The van der Waals surface area contributed by atoms with E-state index in [9.17, 15) is 4.79 Å². The number of ether oxygens (including phenoxy) is 1. The Kier molecular flexibility index (Phi) is 4.10. The molecular weight excluding hydrogens is 308 g/mol. The number of hydrogen-bond acceptors (Lipinski definition) is 3. The lowest BCUT2D eigenvalue weighted by atomic mass is 10.0. The molecule has 0 N–H and O–H groups in total. The summed E-state index contributed by atoms with van der Waals surface area (Å²) in [5.74, 6) is 0.480. The predicted octanol–water partition coefficient (Wildman–Crippen LogP) is 4.50. The topological polar surface area (TPSA) is 39.4 Å². The maximum absolute atomic E-state index is 11.6. The second-order valence-electron chi connectivity index (χ2n) is 4.23. The Morgan fingerprint density at radius 1 is 1.21 bits per heavy atom. The smallest absolute Gasteiger partial charge is 0.374 e. The van der Waals surface area contributed by atoms with Crippen LogP contribution < -0.4 is 0 Å². The SMILES string of the molecule is CCOC(=O)c1ccc(-c2ccc(Br)c(C)c2C)o1. The van der Waals surface area contributed by atoms with Crippen LogP contribution in [0.3, 0.4) is 0 Å². The average Bonchev–Trinajstić information content (AvgIpc) is 2.86. The van der Waals surface area contributed by atoms with Gasteiger partial charge in [0.15, 0.2) is 0 Å². The molecule has 0 aliphatic carbocycles. The molecule has 0 amide bonds. The van der Waals surface area contributed by atoms with Crippen LogP contribution in [0.25, 0.3) is 11.3 Å². The van der Waals surface area contributed by atoms with Gasteiger partial charge in [0.05, 0.1) is 6.61 Å². The number of carbonyl (C=O) groups excluding carboxylic acids is 1. The molecular formula is C15H15BrO3. The average molecular weight is 323 g/mol. The molecule has 2 rings (SSSR count). The predicted molar refractivity (Wildman–Crippen MR) is 77.3 cm³/mol. The molecule has 0 bridgehead atoms. The van der Waals surface area contributed by atoms with Gasteiger partial charge in [0, 0.05) is 10.0 Å². The largest absolute Gasteiger partial charge is 0.460 e. The molecule has 0 unspecified atom stereocenters. The van der Waals surface area contributed by atoms with E-state index in [1.807, 2.05) is 26.0 Å². The van der Waals surface area contributed by atoms with Crippen molar-refractivity contribution >= 4 is 21.9 Å². The summed E-state index contributed by atoms with van der Waals surface area (Å²) in [5.41, 5.74) is 3.27. The molecule has 3 nitrogen and oxygen atoms in total. The molecule has 2 aromatic rings. The minimum atomic E-state index is -0.430. The number of carbonyl (C=O) groups is 1. The van der Waals surface area contributed by atoms with Crippen LogP contribution in [0.2, 0.25) is 0 Å². The van der Waals surface area contributed by atoms with Crippen molar-refractivity contribution in [1.29, 1.82) is 0 Å². The van der Waals surface area contributed by atoms with Gasteiger partial charge in [-0.1, -0.05) is 15.9 Å². The van der Waals surface area contributed by atoms with Crippen molar-refractivity contribution in [3.63, 3.8) is 0 Å². The zero-order chi connectivity index (χ0) is 14.0. The molecule has 100 valence electrons. The minimum absolute atomic E-state index is 0.233. The highest BCUT2D eigenvalue weighted by Crippen LogP contribution is 2.31. The van der Waals surface area contributed by atoms with Crippen molar-refractivity contribution in [2.24, 2.45) is 0 Å². The number of benzene rings is 1. The molecule has 0 fully saturated rings. The van der Waals surface area contributed by atoms with Gasteiger partial charge in [-0.2, -0.15) is 0 Å². The second-order valence-corrected chi connectivity index (χ2v) is 5.08. The fourth-order valence-electron chi connectivity index (χ4n) is 1.85. The molecule has 0 aliphatic heterocycles. The Morgan fingerprint density at radius 2 is 1.95 bits per heavy atom. The normalized spacial score (nSPS) is 10.5. The van der Waals surface area contributed by atoms with E-state index < -0.39 is 5.97 Å². The van der Waals surface area contributed by atoms with Crippen LogP contribution in [0, 0.1) is 13.8 Å². The zero-order valence-electron chi connectivity index (χ0n) is 11.1. The van der Waals surface area contributed by atoms with Gasteiger partial charge in [-0.25, -0.2) is 4.79 Å². The zero-order valence-corrected chi connectivity index (χ0v) is 12.7. The number of rotatable bonds is 3. The van der Waals surface area contributed by atoms with Gasteiger partial charge in [0.1, 0.15) is 5.76 Å². The van der Waals surface area contributed by atoms with Crippen LogP contribution in [0.1, 0.15) is 28.6 Å². The highest BCUT2D eigenvalue weighted by Gasteiger charge is 2.15. The third-order valence-corrected chi connectivity index (χ3v) is 3.93. The van der Waals surface area contributed by atoms with Gasteiger partial charge in [0.2, 0.25) is 5.76 Å². The van der Waals surface area contributed by atoms with E-state index in [1.165, 1.54) is 0 Å². The van der Waals surface area contributed by atoms with Crippen LogP contribution in [0.15, 0.2) is 33.2 Å². The van der Waals surface area contributed by atoms with Crippen molar-refractivity contribution in [3.05, 3.63) is 45.6 Å². The third kappa shape index (κ3) is 2.73. The molecule has 1 aromatic heterocycles. The molecule has 19 heavy (non-hydrogen) atoms.